The lowest BCUT2D eigenvalue weighted by molar-refractivity contribution is -0.118. The molecular formula is C21H18Cl3N3OS. The number of hydrogen-bond acceptors (Lipinski definition) is 3. The van der Waals surface area contributed by atoms with Crippen LogP contribution in [0.3, 0.4) is 0 Å². The molecule has 0 bridgehead atoms. The van der Waals surface area contributed by atoms with Crippen LogP contribution in [0.25, 0.3) is 5.69 Å². The Hall–Kier alpha value is -1.92. The van der Waals surface area contributed by atoms with Crippen molar-refractivity contribution in [3.05, 3.63) is 80.6 Å². The maximum atomic E-state index is 12.0. The number of aromatic nitrogens is 1. The van der Waals surface area contributed by atoms with Gasteiger partial charge < -0.3 is 4.57 Å². The first-order chi connectivity index (χ1) is 13.8. The van der Waals surface area contributed by atoms with E-state index in [9.17, 15) is 4.79 Å². The molecule has 1 N–H and O–H groups in total. The van der Waals surface area contributed by atoms with Crippen molar-refractivity contribution in [2.75, 3.05) is 5.75 Å². The highest BCUT2D eigenvalue weighted by atomic mass is 35.5. The number of hydrazone groups is 1. The van der Waals surface area contributed by atoms with Crippen LogP contribution >= 0.6 is 46.6 Å². The van der Waals surface area contributed by atoms with Gasteiger partial charge in [-0.2, -0.15) is 5.10 Å². The van der Waals surface area contributed by atoms with E-state index >= 15 is 0 Å². The van der Waals surface area contributed by atoms with E-state index in [4.69, 9.17) is 34.8 Å². The zero-order chi connectivity index (χ0) is 21.0. The molecule has 0 radical (unpaired) electrons. The Bertz CT molecular complexity index is 1060. The molecule has 1 amide bonds. The fourth-order valence-electron chi connectivity index (χ4n) is 2.83. The first-order valence-corrected chi connectivity index (χ1v) is 10.8. The number of halogens is 3. The number of nitrogens with one attached hydrogen (secondary N) is 1. The maximum Gasteiger partial charge on any atom is 0.250 e. The average Bonchev–Trinajstić information content (AvgIpc) is 2.97. The van der Waals surface area contributed by atoms with E-state index in [2.05, 4.69) is 10.5 Å². The highest BCUT2D eigenvalue weighted by Gasteiger charge is 2.12. The fourth-order valence-corrected chi connectivity index (χ4v) is 4.02. The molecule has 2 aromatic carbocycles. The number of nitrogens with zero attached hydrogens (tertiary/aromatic N) is 2. The second-order valence-electron chi connectivity index (χ2n) is 6.29. The van der Waals surface area contributed by atoms with Crippen molar-refractivity contribution in [1.82, 2.24) is 9.99 Å². The maximum absolute atomic E-state index is 12.0. The first kappa shape index (κ1) is 21.8. The minimum Gasteiger partial charge on any atom is -0.316 e. The van der Waals surface area contributed by atoms with E-state index < -0.39 is 0 Å². The summed E-state index contributed by atoms with van der Waals surface area (Å²) in [4.78, 5) is 13.0. The lowest BCUT2D eigenvalue weighted by Gasteiger charge is -2.12. The summed E-state index contributed by atoms with van der Waals surface area (Å²) in [7, 11) is 0. The van der Waals surface area contributed by atoms with Gasteiger partial charge in [-0.25, -0.2) is 5.43 Å². The average molecular weight is 467 g/mol. The molecule has 1 aromatic heterocycles. The SMILES string of the molecule is Cc1cc(/C=N/NC(=O)CSc2ccc(Cl)cc2)c(C)n1-c1cc(Cl)ccc1Cl. The Morgan fingerprint density at radius 2 is 1.76 bits per heavy atom. The van der Waals surface area contributed by atoms with E-state index in [1.807, 2.05) is 42.7 Å². The summed E-state index contributed by atoms with van der Waals surface area (Å²) in [6, 6.07) is 14.7. The summed E-state index contributed by atoms with van der Waals surface area (Å²) >= 11 is 19.7. The van der Waals surface area contributed by atoms with Crippen molar-refractivity contribution in [3.63, 3.8) is 0 Å². The lowest BCUT2D eigenvalue weighted by atomic mass is 10.2. The topological polar surface area (TPSA) is 46.4 Å². The molecule has 0 spiro atoms. The zero-order valence-corrected chi connectivity index (χ0v) is 18.8. The van der Waals surface area contributed by atoms with Crippen LogP contribution in [0.4, 0.5) is 0 Å². The Kier molecular flexibility index (Phi) is 7.30. The first-order valence-electron chi connectivity index (χ1n) is 8.70. The third-order valence-corrected chi connectivity index (χ3v) is 6.01. The van der Waals surface area contributed by atoms with E-state index in [1.54, 1.807) is 30.5 Å². The van der Waals surface area contributed by atoms with Gasteiger partial charge in [0.05, 0.1) is 22.7 Å². The van der Waals surface area contributed by atoms with Crippen LogP contribution in [0.5, 0.6) is 0 Å². The number of rotatable bonds is 6. The van der Waals surface area contributed by atoms with Gasteiger partial charge in [0.1, 0.15) is 0 Å². The molecule has 0 fully saturated rings. The molecular weight excluding hydrogens is 449 g/mol. The van der Waals surface area contributed by atoms with E-state index in [1.165, 1.54) is 11.8 Å². The Morgan fingerprint density at radius 3 is 2.48 bits per heavy atom. The van der Waals surface area contributed by atoms with E-state index in [0.29, 0.717) is 15.1 Å². The third-order valence-electron chi connectivity index (χ3n) is 4.20. The van der Waals surface area contributed by atoms with Gasteiger partial charge in [-0.1, -0.05) is 34.8 Å². The third kappa shape index (κ3) is 5.58. The second-order valence-corrected chi connectivity index (χ2v) is 8.62. The molecule has 0 atom stereocenters. The normalized spacial score (nSPS) is 11.2. The van der Waals surface area contributed by atoms with Gasteiger partial charge >= 0.3 is 0 Å². The fraction of sp³-hybridized carbons (Fsp3) is 0.143. The lowest BCUT2D eigenvalue weighted by Crippen LogP contribution is -2.19. The molecule has 3 rings (SSSR count). The van der Waals surface area contributed by atoms with Gasteiger partial charge in [-0.3, -0.25) is 4.79 Å². The number of carbonyl (C=O) groups is 1. The van der Waals surface area contributed by atoms with Crippen LogP contribution < -0.4 is 5.43 Å². The number of benzene rings is 2. The van der Waals surface area contributed by atoms with Gasteiger partial charge in [0.25, 0.3) is 0 Å². The van der Waals surface area contributed by atoms with Crippen molar-refractivity contribution < 1.29 is 4.79 Å². The minimum absolute atomic E-state index is 0.187. The molecule has 0 saturated heterocycles. The molecule has 0 aliphatic rings. The van der Waals surface area contributed by atoms with Crippen LogP contribution in [0, 0.1) is 13.8 Å². The summed E-state index contributed by atoms with van der Waals surface area (Å²) in [5.74, 6) is 0.0729. The summed E-state index contributed by atoms with van der Waals surface area (Å²) in [5, 5.41) is 5.96. The molecule has 4 nitrogen and oxygen atoms in total. The van der Waals surface area contributed by atoms with Gasteiger partial charge in [-0.15, -0.1) is 11.8 Å². The van der Waals surface area contributed by atoms with Crippen molar-refractivity contribution in [1.29, 1.82) is 0 Å². The van der Waals surface area contributed by atoms with Gasteiger partial charge in [-0.05, 0) is 62.4 Å². The number of aryl methyl sites for hydroxylation is 1. The molecule has 8 heteroatoms. The Balaban J connectivity index is 1.66. The van der Waals surface area contributed by atoms with Gasteiger partial charge in [0, 0.05) is 31.9 Å². The summed E-state index contributed by atoms with van der Waals surface area (Å²) < 4.78 is 2.01. The standard InChI is InChI=1S/C21H18Cl3N3OS/c1-13-9-15(14(2)27(13)20-10-17(23)5-8-19(20)24)11-25-26-21(28)12-29-18-6-3-16(22)4-7-18/h3-11H,12H2,1-2H3,(H,26,28)/b25-11+. The molecule has 1 heterocycles. The summed E-state index contributed by atoms with van der Waals surface area (Å²) in [5.41, 5.74) is 6.17. The van der Waals surface area contributed by atoms with Crippen LogP contribution in [-0.2, 0) is 4.79 Å². The molecule has 0 aliphatic heterocycles. The highest BCUT2D eigenvalue weighted by molar-refractivity contribution is 8.00. The van der Waals surface area contributed by atoms with Crippen molar-refractivity contribution in [2.45, 2.75) is 18.7 Å². The van der Waals surface area contributed by atoms with Crippen LogP contribution in [-0.4, -0.2) is 22.4 Å². The van der Waals surface area contributed by atoms with Crippen LogP contribution in [0.15, 0.2) is 58.5 Å². The highest BCUT2D eigenvalue weighted by Crippen LogP contribution is 2.28. The molecule has 3 aromatic rings. The molecule has 0 unspecified atom stereocenters. The van der Waals surface area contributed by atoms with Crippen molar-refractivity contribution in [2.24, 2.45) is 5.10 Å². The zero-order valence-electron chi connectivity index (χ0n) is 15.7. The smallest absolute Gasteiger partial charge is 0.250 e. The quantitative estimate of drug-likeness (QED) is 0.263. The van der Waals surface area contributed by atoms with Gasteiger partial charge in [0.2, 0.25) is 5.91 Å². The Morgan fingerprint density at radius 1 is 1.07 bits per heavy atom. The second kappa shape index (κ2) is 9.72. The number of carbonyl (C=O) groups excluding carboxylic acids is 1. The molecule has 150 valence electrons. The van der Waals surface area contributed by atoms with Crippen LogP contribution in [0.2, 0.25) is 15.1 Å². The summed E-state index contributed by atoms with van der Waals surface area (Å²) in [6.07, 6.45) is 1.63. The van der Waals surface area contributed by atoms with E-state index in [-0.39, 0.29) is 11.7 Å². The predicted octanol–water partition coefficient (Wildman–Crippen LogP) is 6.30. The van der Waals surface area contributed by atoms with Crippen LogP contribution in [0.1, 0.15) is 17.0 Å². The minimum atomic E-state index is -0.187. The largest absolute Gasteiger partial charge is 0.316 e. The number of amides is 1. The van der Waals surface area contributed by atoms with Crippen molar-refractivity contribution >= 4 is 58.7 Å². The number of hydrogen-bond donors (Lipinski definition) is 1. The molecule has 0 aliphatic carbocycles. The number of thioether (sulfide) groups is 1. The van der Waals surface area contributed by atoms with E-state index in [0.717, 1.165) is 27.5 Å². The molecule has 0 saturated carbocycles. The van der Waals surface area contributed by atoms with Crippen molar-refractivity contribution in [3.8, 4) is 5.69 Å². The van der Waals surface area contributed by atoms with Gasteiger partial charge in [0.15, 0.2) is 0 Å². The predicted molar refractivity (Wildman–Crippen MR) is 123 cm³/mol. The monoisotopic (exact) mass is 465 g/mol. The Labute approximate surface area is 188 Å². The molecule has 29 heavy (non-hydrogen) atoms. The summed E-state index contributed by atoms with van der Waals surface area (Å²) in [6.45, 7) is 3.94.